The normalized spacial score (nSPS) is 8.88. The van der Waals surface area contributed by atoms with E-state index in [-0.39, 0.29) is 0 Å². The largest absolute Gasteiger partial charge is 0.306 e. The molecule has 0 unspecified atom stereocenters. The lowest BCUT2D eigenvalue weighted by molar-refractivity contribution is 1.06. The van der Waals surface area contributed by atoms with Gasteiger partial charge in [0, 0.05) is 11.9 Å². The summed E-state index contributed by atoms with van der Waals surface area (Å²) in [6, 6.07) is 9.48. The Morgan fingerprint density at radius 2 is 1.81 bits per heavy atom. The van der Waals surface area contributed by atoms with Crippen LogP contribution in [-0.2, 0) is 0 Å². The molecule has 82 valence electrons. The molecular formula is C13H15N3. The van der Waals surface area contributed by atoms with Crippen molar-refractivity contribution >= 4 is 0 Å². The molecule has 1 heterocycles. The van der Waals surface area contributed by atoms with E-state index >= 15 is 0 Å². The summed E-state index contributed by atoms with van der Waals surface area (Å²) in [5, 5.41) is 8.63. The summed E-state index contributed by atoms with van der Waals surface area (Å²) in [5.41, 5.74) is 2.67. The van der Waals surface area contributed by atoms with Crippen molar-refractivity contribution in [2.24, 2.45) is 0 Å². The van der Waals surface area contributed by atoms with Gasteiger partial charge in [-0.15, -0.1) is 0 Å². The van der Waals surface area contributed by atoms with Gasteiger partial charge in [0.05, 0.1) is 23.7 Å². The third kappa shape index (κ3) is 2.71. The predicted molar refractivity (Wildman–Crippen MR) is 64.4 cm³/mol. The summed E-state index contributed by atoms with van der Waals surface area (Å²) in [6.07, 6.45) is 3.71. The molecule has 1 aromatic carbocycles. The zero-order chi connectivity index (χ0) is 12.0. The number of hydrogen-bond donors (Lipinski definition) is 0. The van der Waals surface area contributed by atoms with Gasteiger partial charge in [0.25, 0.3) is 0 Å². The van der Waals surface area contributed by atoms with Crippen LogP contribution in [0.25, 0.3) is 5.69 Å². The molecule has 0 spiro atoms. The SMILES string of the molecule is CC.Cc1cn(-c2ccc(C#N)cc2)cn1. The van der Waals surface area contributed by atoms with Crippen molar-refractivity contribution in [3.05, 3.63) is 48.0 Å². The van der Waals surface area contributed by atoms with Crippen LogP contribution in [0.3, 0.4) is 0 Å². The molecule has 1 aromatic heterocycles. The Morgan fingerprint density at radius 1 is 1.19 bits per heavy atom. The van der Waals surface area contributed by atoms with Crippen LogP contribution in [0.5, 0.6) is 0 Å². The lowest BCUT2D eigenvalue weighted by atomic mass is 10.2. The molecule has 2 aromatic rings. The molecule has 0 saturated carbocycles. The average Bonchev–Trinajstić information content (AvgIpc) is 2.79. The Labute approximate surface area is 96.0 Å². The van der Waals surface area contributed by atoms with Crippen LogP contribution in [0.2, 0.25) is 0 Å². The quantitative estimate of drug-likeness (QED) is 0.730. The smallest absolute Gasteiger partial charge is 0.0995 e. The van der Waals surface area contributed by atoms with E-state index in [2.05, 4.69) is 11.1 Å². The first-order chi connectivity index (χ1) is 7.79. The maximum Gasteiger partial charge on any atom is 0.0995 e. The van der Waals surface area contributed by atoms with Crippen LogP contribution in [0, 0.1) is 18.3 Å². The van der Waals surface area contributed by atoms with Gasteiger partial charge in [-0.3, -0.25) is 0 Å². The zero-order valence-electron chi connectivity index (χ0n) is 9.81. The van der Waals surface area contributed by atoms with Gasteiger partial charge in [-0.05, 0) is 31.2 Å². The van der Waals surface area contributed by atoms with E-state index in [1.807, 2.05) is 43.7 Å². The van der Waals surface area contributed by atoms with Gasteiger partial charge in [-0.2, -0.15) is 5.26 Å². The second-order valence-corrected chi connectivity index (χ2v) is 3.08. The Bertz CT molecular complexity index is 475. The third-order valence-corrected chi connectivity index (χ3v) is 2.01. The molecule has 0 saturated heterocycles. The number of aryl methyl sites for hydroxylation is 1. The highest BCUT2D eigenvalue weighted by Gasteiger charge is 1.97. The van der Waals surface area contributed by atoms with Crippen molar-refractivity contribution in [3.63, 3.8) is 0 Å². The zero-order valence-corrected chi connectivity index (χ0v) is 9.81. The Kier molecular flexibility index (Phi) is 4.28. The Morgan fingerprint density at radius 3 is 2.25 bits per heavy atom. The van der Waals surface area contributed by atoms with E-state index in [1.165, 1.54) is 0 Å². The van der Waals surface area contributed by atoms with Crippen molar-refractivity contribution in [2.45, 2.75) is 20.8 Å². The molecular weight excluding hydrogens is 198 g/mol. The molecule has 0 radical (unpaired) electrons. The van der Waals surface area contributed by atoms with Crippen molar-refractivity contribution < 1.29 is 0 Å². The second-order valence-electron chi connectivity index (χ2n) is 3.08. The minimum atomic E-state index is 0.672. The number of aromatic nitrogens is 2. The van der Waals surface area contributed by atoms with Gasteiger partial charge in [0.1, 0.15) is 0 Å². The van der Waals surface area contributed by atoms with Gasteiger partial charge >= 0.3 is 0 Å². The first-order valence-electron chi connectivity index (χ1n) is 5.31. The van der Waals surface area contributed by atoms with Crippen molar-refractivity contribution in [1.29, 1.82) is 5.26 Å². The van der Waals surface area contributed by atoms with Gasteiger partial charge in [0.2, 0.25) is 0 Å². The van der Waals surface area contributed by atoms with Crippen molar-refractivity contribution in [2.75, 3.05) is 0 Å². The Balaban J connectivity index is 0.000000606. The van der Waals surface area contributed by atoms with Gasteiger partial charge < -0.3 is 4.57 Å². The fourth-order valence-corrected chi connectivity index (χ4v) is 1.27. The molecule has 0 aliphatic heterocycles. The highest BCUT2D eigenvalue weighted by Crippen LogP contribution is 2.09. The highest BCUT2D eigenvalue weighted by molar-refractivity contribution is 5.39. The first kappa shape index (κ1) is 12.0. The molecule has 3 heteroatoms. The molecule has 2 rings (SSSR count). The summed E-state index contributed by atoms with van der Waals surface area (Å²) in [7, 11) is 0. The molecule has 0 N–H and O–H groups in total. The number of nitriles is 1. The standard InChI is InChI=1S/C11H9N3.C2H6/c1-9-7-14(8-13-9)11-4-2-10(6-12)3-5-11;1-2/h2-5,7-8H,1H3;1-2H3. The van der Waals surface area contributed by atoms with Gasteiger partial charge in [-0.1, -0.05) is 13.8 Å². The molecule has 0 aliphatic carbocycles. The minimum Gasteiger partial charge on any atom is -0.306 e. The molecule has 0 amide bonds. The number of hydrogen-bond acceptors (Lipinski definition) is 2. The molecule has 0 bridgehead atoms. The summed E-state index contributed by atoms with van der Waals surface area (Å²) in [5.74, 6) is 0. The van der Waals surface area contributed by atoms with E-state index in [1.54, 1.807) is 18.5 Å². The highest BCUT2D eigenvalue weighted by atomic mass is 15.0. The van der Waals surface area contributed by atoms with Crippen LogP contribution in [0.1, 0.15) is 25.1 Å². The molecule has 3 nitrogen and oxygen atoms in total. The fraction of sp³-hybridized carbons (Fsp3) is 0.231. The second kappa shape index (κ2) is 5.72. The summed E-state index contributed by atoms with van der Waals surface area (Å²) in [4.78, 5) is 4.13. The Hall–Kier alpha value is -2.08. The van der Waals surface area contributed by atoms with E-state index in [9.17, 15) is 0 Å². The molecule has 16 heavy (non-hydrogen) atoms. The average molecular weight is 213 g/mol. The van der Waals surface area contributed by atoms with Crippen LogP contribution in [-0.4, -0.2) is 9.55 Å². The van der Waals surface area contributed by atoms with Crippen molar-refractivity contribution in [1.82, 2.24) is 9.55 Å². The van der Waals surface area contributed by atoms with Crippen LogP contribution in [0.4, 0.5) is 0 Å². The number of benzene rings is 1. The van der Waals surface area contributed by atoms with E-state index in [0.29, 0.717) is 5.56 Å². The van der Waals surface area contributed by atoms with Crippen LogP contribution < -0.4 is 0 Å². The maximum absolute atomic E-state index is 8.63. The van der Waals surface area contributed by atoms with E-state index in [0.717, 1.165) is 11.4 Å². The monoisotopic (exact) mass is 213 g/mol. The summed E-state index contributed by atoms with van der Waals surface area (Å²) in [6.45, 7) is 5.94. The lowest BCUT2D eigenvalue weighted by Crippen LogP contribution is -1.89. The molecule has 0 aliphatic rings. The number of rotatable bonds is 1. The van der Waals surface area contributed by atoms with Crippen molar-refractivity contribution in [3.8, 4) is 11.8 Å². The third-order valence-electron chi connectivity index (χ3n) is 2.01. The van der Waals surface area contributed by atoms with Gasteiger partial charge in [0.15, 0.2) is 0 Å². The topological polar surface area (TPSA) is 41.6 Å². The maximum atomic E-state index is 8.63. The van der Waals surface area contributed by atoms with Crippen LogP contribution >= 0.6 is 0 Å². The number of imidazole rings is 1. The summed E-state index contributed by atoms with van der Waals surface area (Å²) >= 11 is 0. The number of nitrogens with zero attached hydrogens (tertiary/aromatic N) is 3. The van der Waals surface area contributed by atoms with E-state index in [4.69, 9.17) is 5.26 Å². The van der Waals surface area contributed by atoms with Gasteiger partial charge in [-0.25, -0.2) is 4.98 Å². The predicted octanol–water partition coefficient (Wildman–Crippen LogP) is 3.08. The summed E-state index contributed by atoms with van der Waals surface area (Å²) < 4.78 is 1.93. The lowest BCUT2D eigenvalue weighted by Gasteiger charge is -2.00. The minimum absolute atomic E-state index is 0.672. The fourth-order valence-electron chi connectivity index (χ4n) is 1.27. The molecule has 0 atom stereocenters. The molecule has 0 fully saturated rings. The first-order valence-corrected chi connectivity index (χ1v) is 5.31. The van der Waals surface area contributed by atoms with Crippen LogP contribution in [0.15, 0.2) is 36.8 Å². The van der Waals surface area contributed by atoms with E-state index < -0.39 is 0 Å².